The van der Waals surface area contributed by atoms with Crippen LogP contribution in [-0.2, 0) is 36.9 Å². The molecule has 0 atom stereocenters. The molecule has 0 saturated carbocycles. The van der Waals surface area contributed by atoms with Gasteiger partial charge in [0.05, 0.1) is 0 Å². The zero-order valence-corrected chi connectivity index (χ0v) is 31.0. The van der Waals surface area contributed by atoms with Crippen molar-refractivity contribution in [3.8, 4) is 0 Å². The van der Waals surface area contributed by atoms with E-state index in [4.69, 9.17) is 0 Å². The summed E-state index contributed by atoms with van der Waals surface area (Å²) in [7, 11) is 0. The topological polar surface area (TPSA) is 80.3 Å². The molecule has 0 spiro atoms. The van der Waals surface area contributed by atoms with Crippen molar-refractivity contribution in [3.05, 3.63) is 48.6 Å². The maximum atomic E-state index is 10.2. The fourth-order valence-electron chi connectivity index (χ4n) is 4.16. The molecule has 41 heavy (non-hydrogen) atoms. The Labute approximate surface area is 274 Å². The second-order valence-corrected chi connectivity index (χ2v) is 10.7. The first-order chi connectivity index (χ1) is 19.5. The van der Waals surface area contributed by atoms with E-state index in [-0.39, 0.29) is 40.1 Å². The average molecular weight is 671 g/mol. The minimum atomic E-state index is -0.921. The number of rotatable bonds is 28. The van der Waals surface area contributed by atoms with Crippen LogP contribution < -0.4 is 10.2 Å². The molecule has 5 heteroatoms. The van der Waals surface area contributed by atoms with Crippen molar-refractivity contribution in [2.75, 3.05) is 0 Å². The molecule has 0 unspecified atom stereocenters. The van der Waals surface area contributed by atoms with Gasteiger partial charge in [0.1, 0.15) is 0 Å². The first-order valence-electron chi connectivity index (χ1n) is 16.5. The molecule has 0 saturated heterocycles. The van der Waals surface area contributed by atoms with E-state index in [0.717, 1.165) is 64.2 Å². The Kier molecular flexibility index (Phi) is 44.2. The molecule has 232 valence electrons. The number of aliphatic carboxylic acids is 2. The summed E-state index contributed by atoms with van der Waals surface area (Å²) < 4.78 is 0. The first-order valence-corrected chi connectivity index (χ1v) is 16.5. The first kappa shape index (κ1) is 44.3. The van der Waals surface area contributed by atoms with Crippen molar-refractivity contribution in [1.82, 2.24) is 0 Å². The van der Waals surface area contributed by atoms with Crippen LogP contribution in [0.2, 0.25) is 0 Å². The minimum Gasteiger partial charge on any atom is -0.550 e. The van der Waals surface area contributed by atoms with Gasteiger partial charge in [0.15, 0.2) is 0 Å². The maximum absolute atomic E-state index is 10.2. The van der Waals surface area contributed by atoms with Gasteiger partial charge in [-0.2, -0.15) is 0 Å². The molecule has 0 aromatic heterocycles. The van der Waals surface area contributed by atoms with Gasteiger partial charge in [-0.05, 0) is 89.9 Å². The van der Waals surface area contributed by atoms with Crippen LogP contribution in [-0.4, -0.2) is 11.9 Å². The van der Waals surface area contributed by atoms with E-state index in [0.29, 0.717) is 0 Å². The van der Waals surface area contributed by atoms with Gasteiger partial charge in [0, 0.05) is 11.9 Å². The van der Waals surface area contributed by atoms with Crippen molar-refractivity contribution in [3.63, 3.8) is 0 Å². The van der Waals surface area contributed by atoms with Crippen molar-refractivity contribution in [2.45, 2.75) is 168 Å². The SMILES string of the molecule is CCCCC/C=C/C/C=C/CCCCCCCC(=O)[O-].CCCCC/C=C\C/C=C\CCCCCCCC(=O)[O-].[Cd+2]. The molecule has 0 heterocycles. The number of carbonyl (C=O) groups excluding carboxylic acids is 2. The van der Waals surface area contributed by atoms with Crippen LogP contribution in [0.3, 0.4) is 0 Å². The Balaban J connectivity index is -0.000000688. The number of hydrogen-bond acceptors (Lipinski definition) is 4. The predicted octanol–water partition coefficient (Wildman–Crippen LogP) is 9.10. The molecule has 0 aromatic carbocycles. The summed E-state index contributed by atoms with van der Waals surface area (Å²) in [6, 6.07) is 0. The summed E-state index contributed by atoms with van der Waals surface area (Å²) in [5, 5.41) is 20.4. The molecule has 0 fully saturated rings. The molecular formula is C36H62CdO4. The van der Waals surface area contributed by atoms with Crippen LogP contribution >= 0.6 is 0 Å². The van der Waals surface area contributed by atoms with E-state index in [1.807, 2.05) is 0 Å². The Morgan fingerprint density at radius 3 is 0.976 bits per heavy atom. The zero-order valence-electron chi connectivity index (χ0n) is 26.9. The Bertz CT molecular complexity index is 596. The van der Waals surface area contributed by atoms with E-state index < -0.39 is 11.9 Å². The van der Waals surface area contributed by atoms with Crippen LogP contribution in [0.5, 0.6) is 0 Å². The van der Waals surface area contributed by atoms with E-state index >= 15 is 0 Å². The molecule has 0 amide bonds. The molecule has 0 N–H and O–H groups in total. The number of allylic oxidation sites excluding steroid dienone is 8. The van der Waals surface area contributed by atoms with Crippen molar-refractivity contribution >= 4 is 11.9 Å². The largest absolute Gasteiger partial charge is 2.00 e. The Morgan fingerprint density at radius 2 is 0.683 bits per heavy atom. The molecule has 0 aliphatic rings. The number of unbranched alkanes of at least 4 members (excludes halogenated alkanes) is 16. The van der Waals surface area contributed by atoms with Gasteiger partial charge in [-0.1, -0.05) is 127 Å². The van der Waals surface area contributed by atoms with Crippen LogP contribution in [0, 0.1) is 0 Å². The van der Waals surface area contributed by atoms with Gasteiger partial charge in [-0.3, -0.25) is 0 Å². The van der Waals surface area contributed by atoms with Gasteiger partial charge in [-0.15, -0.1) is 0 Å². The molecule has 4 nitrogen and oxygen atoms in total. The molecule has 0 aliphatic carbocycles. The smallest absolute Gasteiger partial charge is 0.550 e. The van der Waals surface area contributed by atoms with Crippen LogP contribution in [0.1, 0.15) is 168 Å². The number of carboxylic acid groups (broad SMARTS) is 2. The normalized spacial score (nSPS) is 11.4. The fourth-order valence-corrected chi connectivity index (χ4v) is 4.16. The standard InChI is InChI=1S/2C18H32O2.Cd/c2*1-2-3-4-5-6-7-8-9-10-11-12-13-14-15-16-17-18(19)20;/h2*6-7,9-10H,2-5,8,11-17H2,1H3,(H,19,20);/q;;+2/p-2/b7-6+,10-9+;7-6-,10-9-;. The van der Waals surface area contributed by atoms with Gasteiger partial charge >= 0.3 is 27.3 Å². The van der Waals surface area contributed by atoms with Gasteiger partial charge in [0.2, 0.25) is 0 Å². The second kappa shape index (κ2) is 41.0. The second-order valence-electron chi connectivity index (χ2n) is 10.7. The van der Waals surface area contributed by atoms with Crippen LogP contribution in [0.25, 0.3) is 0 Å². The van der Waals surface area contributed by atoms with E-state index in [2.05, 4.69) is 62.5 Å². The average Bonchev–Trinajstić information content (AvgIpc) is 2.93. The summed E-state index contributed by atoms with van der Waals surface area (Å²) in [6.45, 7) is 4.46. The summed E-state index contributed by atoms with van der Waals surface area (Å²) in [6.07, 6.45) is 43.9. The minimum absolute atomic E-state index is 0. The Hall–Kier alpha value is -1.18. The zero-order chi connectivity index (χ0) is 29.8. The number of hydrogen-bond donors (Lipinski definition) is 0. The van der Waals surface area contributed by atoms with E-state index in [9.17, 15) is 19.8 Å². The maximum Gasteiger partial charge on any atom is 2.00 e. The number of carbonyl (C=O) groups is 2. The van der Waals surface area contributed by atoms with Crippen LogP contribution in [0.15, 0.2) is 48.6 Å². The van der Waals surface area contributed by atoms with E-state index in [1.165, 1.54) is 77.0 Å². The monoisotopic (exact) mass is 672 g/mol. The summed E-state index contributed by atoms with van der Waals surface area (Å²) in [5.41, 5.74) is 0. The summed E-state index contributed by atoms with van der Waals surface area (Å²) in [5.74, 6) is -1.84. The predicted molar refractivity (Wildman–Crippen MR) is 169 cm³/mol. The third-order valence-corrected chi connectivity index (χ3v) is 6.66. The molecule has 0 aromatic rings. The quantitative estimate of drug-likeness (QED) is 0.0472. The number of carboxylic acids is 2. The Morgan fingerprint density at radius 1 is 0.415 bits per heavy atom. The van der Waals surface area contributed by atoms with Crippen molar-refractivity contribution < 1.29 is 47.1 Å². The van der Waals surface area contributed by atoms with E-state index in [1.54, 1.807) is 0 Å². The van der Waals surface area contributed by atoms with Gasteiger partial charge < -0.3 is 19.8 Å². The van der Waals surface area contributed by atoms with Crippen LogP contribution in [0.4, 0.5) is 0 Å². The fraction of sp³-hybridized carbons (Fsp3) is 0.722. The molecule has 0 bridgehead atoms. The van der Waals surface area contributed by atoms with Gasteiger partial charge in [-0.25, -0.2) is 0 Å². The summed E-state index contributed by atoms with van der Waals surface area (Å²) >= 11 is 0. The van der Waals surface area contributed by atoms with Gasteiger partial charge in [0.25, 0.3) is 0 Å². The summed E-state index contributed by atoms with van der Waals surface area (Å²) in [4.78, 5) is 20.4. The van der Waals surface area contributed by atoms with Crippen molar-refractivity contribution in [1.29, 1.82) is 0 Å². The molecule has 0 radical (unpaired) electrons. The third-order valence-electron chi connectivity index (χ3n) is 6.66. The molecule has 0 aliphatic heterocycles. The molecular weight excluding hydrogens is 609 g/mol. The third kappa shape index (κ3) is 48.9. The molecule has 0 rings (SSSR count). The van der Waals surface area contributed by atoms with Crippen molar-refractivity contribution in [2.24, 2.45) is 0 Å².